The predicted molar refractivity (Wildman–Crippen MR) is 77.2 cm³/mol. The zero-order chi connectivity index (χ0) is 14.2. The van der Waals surface area contributed by atoms with Crippen LogP contribution >= 0.6 is 0 Å². The summed E-state index contributed by atoms with van der Waals surface area (Å²) in [6.45, 7) is 2.92. The standard InChI is InChI=1S/C16H23NO3/c1-3-11-9-16(6-7-19-11)10-14(17)13-8-12(18-2)4-5-15(13)20-16/h4-5,8,11,14H,3,6-7,9-10,17H2,1-2H3/t11?,14-,16?/m1/s1. The Morgan fingerprint density at radius 1 is 1.40 bits per heavy atom. The van der Waals surface area contributed by atoms with Crippen LogP contribution < -0.4 is 15.2 Å². The Hall–Kier alpha value is -1.26. The van der Waals surface area contributed by atoms with Crippen LogP contribution in [0.1, 0.15) is 44.2 Å². The van der Waals surface area contributed by atoms with Gasteiger partial charge in [0.1, 0.15) is 17.1 Å². The second-order valence-corrected chi connectivity index (χ2v) is 5.85. The average molecular weight is 277 g/mol. The highest BCUT2D eigenvalue weighted by Crippen LogP contribution is 2.45. The molecule has 2 heterocycles. The lowest BCUT2D eigenvalue weighted by molar-refractivity contribution is -0.102. The first-order chi connectivity index (χ1) is 9.65. The minimum absolute atomic E-state index is 0.00413. The van der Waals surface area contributed by atoms with E-state index in [0.29, 0.717) is 0 Å². The van der Waals surface area contributed by atoms with E-state index < -0.39 is 0 Å². The highest BCUT2D eigenvalue weighted by Gasteiger charge is 2.43. The molecule has 20 heavy (non-hydrogen) atoms. The number of hydrogen-bond donors (Lipinski definition) is 1. The molecule has 1 spiro atoms. The summed E-state index contributed by atoms with van der Waals surface area (Å²) < 4.78 is 17.4. The zero-order valence-electron chi connectivity index (χ0n) is 12.2. The number of rotatable bonds is 2. The van der Waals surface area contributed by atoms with Gasteiger partial charge in [0.2, 0.25) is 0 Å². The Bertz CT molecular complexity index is 491. The van der Waals surface area contributed by atoms with E-state index in [1.165, 1.54) is 0 Å². The minimum Gasteiger partial charge on any atom is -0.497 e. The van der Waals surface area contributed by atoms with E-state index >= 15 is 0 Å². The minimum atomic E-state index is -0.153. The van der Waals surface area contributed by atoms with E-state index in [0.717, 1.165) is 49.4 Å². The second kappa shape index (κ2) is 5.26. The lowest BCUT2D eigenvalue weighted by Crippen LogP contribution is -2.49. The fraction of sp³-hybridized carbons (Fsp3) is 0.625. The predicted octanol–water partition coefficient (Wildman–Crippen LogP) is 2.81. The Balaban J connectivity index is 1.88. The summed E-state index contributed by atoms with van der Waals surface area (Å²) in [5.41, 5.74) is 7.28. The van der Waals surface area contributed by atoms with Crippen molar-refractivity contribution in [3.05, 3.63) is 23.8 Å². The SMILES string of the molecule is CCC1CC2(CCO1)C[C@@H](N)c1cc(OC)ccc1O2. The summed E-state index contributed by atoms with van der Waals surface area (Å²) in [4.78, 5) is 0. The van der Waals surface area contributed by atoms with Crippen LogP contribution in [0.2, 0.25) is 0 Å². The first-order valence-electron chi connectivity index (χ1n) is 7.40. The molecule has 0 aromatic heterocycles. The van der Waals surface area contributed by atoms with Gasteiger partial charge in [-0.1, -0.05) is 6.92 Å². The van der Waals surface area contributed by atoms with Gasteiger partial charge in [0.05, 0.1) is 19.8 Å². The molecular formula is C16H23NO3. The van der Waals surface area contributed by atoms with Crippen LogP contribution in [-0.4, -0.2) is 25.4 Å². The molecule has 3 atom stereocenters. The molecule has 1 aromatic carbocycles. The van der Waals surface area contributed by atoms with Crippen molar-refractivity contribution >= 4 is 0 Å². The van der Waals surface area contributed by atoms with Crippen molar-refractivity contribution in [2.45, 2.75) is 50.4 Å². The molecule has 0 bridgehead atoms. The van der Waals surface area contributed by atoms with Gasteiger partial charge >= 0.3 is 0 Å². The molecule has 2 aliphatic heterocycles. The van der Waals surface area contributed by atoms with E-state index in [1.807, 2.05) is 18.2 Å². The van der Waals surface area contributed by atoms with Crippen molar-refractivity contribution in [3.63, 3.8) is 0 Å². The van der Waals surface area contributed by atoms with Gasteiger partial charge in [-0.15, -0.1) is 0 Å². The van der Waals surface area contributed by atoms with Crippen LogP contribution in [0.3, 0.4) is 0 Å². The lowest BCUT2D eigenvalue weighted by atomic mass is 9.80. The van der Waals surface area contributed by atoms with E-state index in [1.54, 1.807) is 7.11 Å². The van der Waals surface area contributed by atoms with Crippen molar-refractivity contribution in [2.75, 3.05) is 13.7 Å². The lowest BCUT2D eigenvalue weighted by Gasteiger charge is -2.45. The molecule has 1 saturated heterocycles. The van der Waals surface area contributed by atoms with Crippen LogP contribution in [-0.2, 0) is 4.74 Å². The second-order valence-electron chi connectivity index (χ2n) is 5.85. The summed E-state index contributed by atoms with van der Waals surface area (Å²) in [5, 5.41) is 0. The number of benzene rings is 1. The van der Waals surface area contributed by atoms with Gasteiger partial charge in [-0.2, -0.15) is 0 Å². The quantitative estimate of drug-likeness (QED) is 0.903. The number of ether oxygens (including phenoxy) is 3. The number of nitrogens with two attached hydrogens (primary N) is 1. The highest BCUT2D eigenvalue weighted by molar-refractivity contribution is 5.44. The van der Waals surface area contributed by atoms with Crippen LogP contribution in [0.15, 0.2) is 18.2 Å². The van der Waals surface area contributed by atoms with E-state index in [4.69, 9.17) is 19.9 Å². The van der Waals surface area contributed by atoms with E-state index in [-0.39, 0.29) is 17.7 Å². The maximum atomic E-state index is 6.39. The van der Waals surface area contributed by atoms with Gasteiger partial charge in [-0.3, -0.25) is 0 Å². The third-order valence-corrected chi connectivity index (χ3v) is 4.50. The maximum absolute atomic E-state index is 6.39. The summed E-state index contributed by atoms with van der Waals surface area (Å²) >= 11 is 0. The molecule has 1 fully saturated rings. The van der Waals surface area contributed by atoms with Gasteiger partial charge in [-0.05, 0) is 24.6 Å². The molecule has 0 saturated carbocycles. The Labute approximate surface area is 120 Å². The van der Waals surface area contributed by atoms with Gasteiger partial charge < -0.3 is 19.9 Å². The van der Waals surface area contributed by atoms with Crippen LogP contribution in [0, 0.1) is 0 Å². The molecule has 2 unspecified atom stereocenters. The molecule has 0 amide bonds. The van der Waals surface area contributed by atoms with Crippen LogP contribution in [0.4, 0.5) is 0 Å². The fourth-order valence-corrected chi connectivity index (χ4v) is 3.35. The van der Waals surface area contributed by atoms with Crippen molar-refractivity contribution in [1.29, 1.82) is 0 Å². The zero-order valence-corrected chi connectivity index (χ0v) is 12.2. The van der Waals surface area contributed by atoms with Crippen molar-refractivity contribution in [2.24, 2.45) is 5.73 Å². The molecule has 0 radical (unpaired) electrons. The summed E-state index contributed by atoms with van der Waals surface area (Å²) in [7, 11) is 1.67. The van der Waals surface area contributed by atoms with Gasteiger partial charge in [-0.25, -0.2) is 0 Å². The normalized spacial score (nSPS) is 32.5. The van der Waals surface area contributed by atoms with Gasteiger partial charge in [0.25, 0.3) is 0 Å². The molecule has 3 rings (SSSR count). The molecule has 2 aliphatic rings. The third kappa shape index (κ3) is 2.38. The van der Waals surface area contributed by atoms with Crippen LogP contribution in [0.5, 0.6) is 11.5 Å². The Morgan fingerprint density at radius 3 is 3.00 bits per heavy atom. The summed E-state index contributed by atoms with van der Waals surface area (Å²) in [6, 6.07) is 5.90. The first kappa shape index (κ1) is 13.7. The maximum Gasteiger partial charge on any atom is 0.125 e. The largest absolute Gasteiger partial charge is 0.497 e. The highest BCUT2D eigenvalue weighted by atomic mass is 16.5. The topological polar surface area (TPSA) is 53.7 Å². The Kier molecular flexibility index (Phi) is 3.61. The van der Waals surface area contributed by atoms with Gasteiger partial charge in [0.15, 0.2) is 0 Å². The third-order valence-electron chi connectivity index (χ3n) is 4.50. The van der Waals surface area contributed by atoms with Gasteiger partial charge in [0, 0.05) is 30.9 Å². The monoisotopic (exact) mass is 277 g/mol. The molecule has 1 aromatic rings. The van der Waals surface area contributed by atoms with Crippen LogP contribution in [0.25, 0.3) is 0 Å². The molecule has 2 N–H and O–H groups in total. The van der Waals surface area contributed by atoms with Crippen molar-refractivity contribution < 1.29 is 14.2 Å². The molecule has 110 valence electrons. The summed E-state index contributed by atoms with van der Waals surface area (Å²) in [6.07, 6.45) is 4.02. The first-order valence-corrected chi connectivity index (χ1v) is 7.40. The van der Waals surface area contributed by atoms with Crippen molar-refractivity contribution in [3.8, 4) is 11.5 Å². The Morgan fingerprint density at radius 2 is 2.25 bits per heavy atom. The molecule has 4 heteroatoms. The van der Waals surface area contributed by atoms with E-state index in [2.05, 4.69) is 6.92 Å². The molecule has 0 aliphatic carbocycles. The fourth-order valence-electron chi connectivity index (χ4n) is 3.35. The summed E-state index contributed by atoms with van der Waals surface area (Å²) in [5.74, 6) is 1.73. The van der Waals surface area contributed by atoms with Crippen molar-refractivity contribution in [1.82, 2.24) is 0 Å². The number of fused-ring (bicyclic) bond motifs is 1. The smallest absolute Gasteiger partial charge is 0.125 e. The average Bonchev–Trinajstić information content (AvgIpc) is 2.47. The molecule has 4 nitrogen and oxygen atoms in total. The number of methoxy groups -OCH3 is 1. The molecular weight excluding hydrogens is 254 g/mol. The number of hydrogen-bond acceptors (Lipinski definition) is 4. The van der Waals surface area contributed by atoms with E-state index in [9.17, 15) is 0 Å².